The first-order chi connectivity index (χ1) is 8.75. The largest absolute Gasteiger partial charge is 0.375 e. The molecule has 4 heterocycles. The fourth-order valence-electron chi connectivity index (χ4n) is 2.91. The van der Waals surface area contributed by atoms with E-state index in [1.807, 2.05) is 12.2 Å². The standard InChI is InChI=1S/C12H16O6/c1-12-16-8-7-6-13-4-2-3-5-14-9(8)10(17-12)11(15-7)18-12/h2-3,7-11H,4-6H2,1H3/b3-2-/t7?,8-,9?,10?,11-,12?/m1/s1. The summed E-state index contributed by atoms with van der Waals surface area (Å²) in [4.78, 5) is 0. The smallest absolute Gasteiger partial charge is 0.283 e. The van der Waals surface area contributed by atoms with Gasteiger partial charge >= 0.3 is 0 Å². The van der Waals surface area contributed by atoms with E-state index in [0.29, 0.717) is 19.8 Å². The lowest BCUT2D eigenvalue weighted by molar-refractivity contribution is -0.385. The van der Waals surface area contributed by atoms with Crippen LogP contribution < -0.4 is 0 Å². The van der Waals surface area contributed by atoms with Crippen LogP contribution in [0.5, 0.6) is 0 Å². The molecule has 5 bridgehead atoms. The van der Waals surface area contributed by atoms with Crippen LogP contribution in [0.3, 0.4) is 0 Å². The second-order valence-corrected chi connectivity index (χ2v) is 4.99. The lowest BCUT2D eigenvalue weighted by Crippen LogP contribution is -2.62. The Bertz CT molecular complexity index is 372. The Labute approximate surface area is 105 Å². The van der Waals surface area contributed by atoms with Gasteiger partial charge in [-0.1, -0.05) is 12.2 Å². The van der Waals surface area contributed by atoms with Crippen molar-refractivity contribution in [3.05, 3.63) is 12.2 Å². The van der Waals surface area contributed by atoms with Crippen LogP contribution >= 0.6 is 0 Å². The maximum absolute atomic E-state index is 5.86. The van der Waals surface area contributed by atoms with Gasteiger partial charge in [-0.2, -0.15) is 0 Å². The van der Waals surface area contributed by atoms with Crippen molar-refractivity contribution in [3.63, 3.8) is 0 Å². The Kier molecular flexibility index (Phi) is 2.52. The predicted molar refractivity (Wildman–Crippen MR) is 57.6 cm³/mol. The van der Waals surface area contributed by atoms with Crippen LogP contribution in [0.15, 0.2) is 12.2 Å². The highest BCUT2D eigenvalue weighted by molar-refractivity contribution is 5.00. The highest BCUT2D eigenvalue weighted by Crippen LogP contribution is 2.45. The third-order valence-corrected chi connectivity index (χ3v) is 3.67. The number of ether oxygens (including phenoxy) is 6. The first-order valence-corrected chi connectivity index (χ1v) is 6.28. The molecule has 3 saturated heterocycles. The molecule has 18 heavy (non-hydrogen) atoms. The van der Waals surface area contributed by atoms with Crippen molar-refractivity contribution in [1.29, 1.82) is 0 Å². The third kappa shape index (κ3) is 1.65. The summed E-state index contributed by atoms with van der Waals surface area (Å²) in [7, 11) is 0. The van der Waals surface area contributed by atoms with E-state index in [-0.39, 0.29) is 24.4 Å². The molecule has 4 unspecified atom stereocenters. The van der Waals surface area contributed by atoms with Gasteiger partial charge in [-0.15, -0.1) is 0 Å². The number of hydrogen-bond donors (Lipinski definition) is 0. The molecule has 0 amide bonds. The van der Waals surface area contributed by atoms with Gasteiger partial charge in [0.1, 0.15) is 24.4 Å². The maximum atomic E-state index is 5.86. The van der Waals surface area contributed by atoms with E-state index in [1.165, 1.54) is 0 Å². The molecule has 100 valence electrons. The van der Waals surface area contributed by atoms with Crippen molar-refractivity contribution in [2.45, 2.75) is 43.6 Å². The molecular formula is C12H16O6. The molecule has 0 aromatic heterocycles. The maximum Gasteiger partial charge on any atom is 0.283 e. The molecule has 6 heteroatoms. The topological polar surface area (TPSA) is 55.4 Å². The number of rotatable bonds is 0. The van der Waals surface area contributed by atoms with Crippen LogP contribution in [-0.2, 0) is 28.4 Å². The fourth-order valence-corrected chi connectivity index (χ4v) is 2.91. The molecule has 0 aliphatic carbocycles. The highest BCUT2D eigenvalue weighted by atomic mass is 17.0. The van der Waals surface area contributed by atoms with Crippen molar-refractivity contribution in [2.75, 3.05) is 19.8 Å². The molecule has 4 aliphatic rings. The SMILES string of the molecule is CC12OC3C4OC/C=C\COCC(O[C@@H]3O1)[C@H]4O2. The highest BCUT2D eigenvalue weighted by Gasteiger charge is 2.64. The van der Waals surface area contributed by atoms with Crippen molar-refractivity contribution in [3.8, 4) is 0 Å². The zero-order valence-electron chi connectivity index (χ0n) is 10.1. The normalized spacial score (nSPS) is 56.4. The van der Waals surface area contributed by atoms with Crippen molar-refractivity contribution < 1.29 is 28.4 Å². The lowest BCUT2D eigenvalue weighted by atomic mass is 9.98. The second kappa shape index (κ2) is 4.00. The molecule has 0 aromatic carbocycles. The average molecular weight is 256 g/mol. The van der Waals surface area contributed by atoms with E-state index >= 15 is 0 Å². The van der Waals surface area contributed by atoms with Gasteiger partial charge in [0.2, 0.25) is 0 Å². The Morgan fingerprint density at radius 3 is 2.78 bits per heavy atom. The molecule has 4 rings (SSSR count). The summed E-state index contributed by atoms with van der Waals surface area (Å²) in [6.45, 7) is 3.31. The second-order valence-electron chi connectivity index (χ2n) is 4.99. The molecular weight excluding hydrogens is 240 g/mol. The van der Waals surface area contributed by atoms with Crippen LogP contribution in [0.1, 0.15) is 6.92 Å². The van der Waals surface area contributed by atoms with Crippen LogP contribution in [0.25, 0.3) is 0 Å². The molecule has 0 N–H and O–H groups in total. The molecule has 6 atom stereocenters. The third-order valence-electron chi connectivity index (χ3n) is 3.67. The van der Waals surface area contributed by atoms with Gasteiger partial charge in [0, 0.05) is 6.92 Å². The Balaban J connectivity index is 1.65. The average Bonchev–Trinajstić information content (AvgIpc) is 2.53. The van der Waals surface area contributed by atoms with Crippen molar-refractivity contribution >= 4 is 0 Å². The Morgan fingerprint density at radius 1 is 1.00 bits per heavy atom. The summed E-state index contributed by atoms with van der Waals surface area (Å²) in [5.41, 5.74) is 0. The van der Waals surface area contributed by atoms with Gasteiger partial charge in [-0.3, -0.25) is 4.74 Å². The van der Waals surface area contributed by atoms with Gasteiger partial charge in [-0.05, 0) is 0 Å². The van der Waals surface area contributed by atoms with E-state index in [0.717, 1.165) is 0 Å². The summed E-state index contributed by atoms with van der Waals surface area (Å²) < 4.78 is 34.4. The van der Waals surface area contributed by atoms with Crippen LogP contribution in [-0.4, -0.2) is 56.5 Å². The van der Waals surface area contributed by atoms with Crippen molar-refractivity contribution in [1.82, 2.24) is 0 Å². The minimum absolute atomic E-state index is 0.171. The first kappa shape index (κ1) is 11.3. The number of fused-ring (bicyclic) bond motifs is 1. The molecule has 4 aliphatic heterocycles. The van der Waals surface area contributed by atoms with E-state index in [9.17, 15) is 0 Å². The lowest BCUT2D eigenvalue weighted by Gasteiger charge is -2.45. The van der Waals surface area contributed by atoms with Crippen molar-refractivity contribution in [2.24, 2.45) is 0 Å². The fraction of sp³-hybridized carbons (Fsp3) is 0.833. The zero-order chi connectivity index (χ0) is 12.2. The Morgan fingerprint density at radius 2 is 1.83 bits per heavy atom. The quantitative estimate of drug-likeness (QED) is 0.576. The van der Waals surface area contributed by atoms with E-state index in [4.69, 9.17) is 28.4 Å². The molecule has 0 radical (unpaired) electrons. The summed E-state index contributed by atoms with van der Waals surface area (Å²) in [5, 5.41) is 0. The van der Waals surface area contributed by atoms with Gasteiger partial charge < -0.3 is 23.7 Å². The van der Waals surface area contributed by atoms with Crippen LogP contribution in [0.4, 0.5) is 0 Å². The Hall–Kier alpha value is -0.500. The van der Waals surface area contributed by atoms with E-state index in [2.05, 4.69) is 0 Å². The molecule has 0 saturated carbocycles. The number of hydrogen-bond acceptors (Lipinski definition) is 6. The van der Waals surface area contributed by atoms with E-state index < -0.39 is 12.3 Å². The summed E-state index contributed by atoms with van der Waals surface area (Å²) in [5.74, 6) is -1.01. The summed E-state index contributed by atoms with van der Waals surface area (Å²) in [6.07, 6.45) is 2.67. The first-order valence-electron chi connectivity index (χ1n) is 6.28. The van der Waals surface area contributed by atoms with Gasteiger partial charge in [0.05, 0.1) is 19.8 Å². The van der Waals surface area contributed by atoms with E-state index in [1.54, 1.807) is 6.92 Å². The minimum Gasteiger partial charge on any atom is -0.375 e. The monoisotopic (exact) mass is 256 g/mol. The van der Waals surface area contributed by atoms with Gasteiger partial charge in [0.15, 0.2) is 6.29 Å². The van der Waals surface area contributed by atoms with Gasteiger partial charge in [0.25, 0.3) is 5.97 Å². The predicted octanol–water partition coefficient (Wildman–Crippen LogP) is 0.171. The minimum atomic E-state index is -1.01. The van der Waals surface area contributed by atoms with Crippen LogP contribution in [0.2, 0.25) is 0 Å². The molecule has 6 nitrogen and oxygen atoms in total. The summed E-state index contributed by atoms with van der Waals surface area (Å²) in [6, 6.07) is 0. The van der Waals surface area contributed by atoms with Gasteiger partial charge in [-0.25, -0.2) is 0 Å². The van der Waals surface area contributed by atoms with Crippen LogP contribution in [0, 0.1) is 0 Å². The zero-order valence-corrected chi connectivity index (χ0v) is 10.1. The molecule has 0 spiro atoms. The molecule has 3 fully saturated rings. The summed E-state index contributed by atoms with van der Waals surface area (Å²) >= 11 is 0. The molecule has 0 aromatic rings.